The van der Waals surface area contributed by atoms with Crippen LogP contribution in [0.15, 0.2) is 42.5 Å². The lowest BCUT2D eigenvalue weighted by atomic mass is 10.1. The Labute approximate surface area is 149 Å². The van der Waals surface area contributed by atoms with Crippen LogP contribution >= 0.6 is 0 Å². The van der Waals surface area contributed by atoms with E-state index in [1.165, 1.54) is 24.3 Å². The molecule has 2 aliphatic heterocycles. The van der Waals surface area contributed by atoms with Crippen molar-refractivity contribution in [2.75, 3.05) is 24.8 Å². The summed E-state index contributed by atoms with van der Waals surface area (Å²) in [6.07, 6.45) is 0.359. The number of carbonyl (C=O) groups excluding carboxylic acids is 2. The standard InChI is InChI=1S/C19H17FN2O4/c20-14-3-1-13(2-4-14)19(24)21-9-12-7-18(23)22(10-12)15-5-6-16-17(8-15)26-11-25-16/h1-6,8,12H,7,9-11H2,(H,21,24)/t12-/m1/s1. The van der Waals surface area contributed by atoms with Gasteiger partial charge in [-0.15, -0.1) is 0 Å². The van der Waals surface area contributed by atoms with Crippen LogP contribution in [0, 0.1) is 11.7 Å². The van der Waals surface area contributed by atoms with Crippen LogP contribution in [0.3, 0.4) is 0 Å². The van der Waals surface area contributed by atoms with Crippen molar-refractivity contribution in [3.05, 3.63) is 53.8 Å². The van der Waals surface area contributed by atoms with Gasteiger partial charge in [-0.2, -0.15) is 0 Å². The number of amides is 2. The number of benzene rings is 2. The first kappa shape index (κ1) is 16.4. The Morgan fingerprint density at radius 3 is 2.73 bits per heavy atom. The average Bonchev–Trinajstić information content (AvgIpc) is 3.25. The minimum absolute atomic E-state index is 0.00453. The van der Waals surface area contributed by atoms with Crippen LogP contribution in [0.25, 0.3) is 0 Å². The fourth-order valence-electron chi connectivity index (χ4n) is 3.16. The third kappa shape index (κ3) is 3.20. The Morgan fingerprint density at radius 2 is 1.92 bits per heavy atom. The van der Waals surface area contributed by atoms with E-state index in [-0.39, 0.29) is 30.3 Å². The van der Waals surface area contributed by atoms with Crippen LogP contribution in [-0.4, -0.2) is 31.7 Å². The van der Waals surface area contributed by atoms with Crippen LogP contribution in [0.1, 0.15) is 16.8 Å². The van der Waals surface area contributed by atoms with Crippen molar-refractivity contribution in [3.63, 3.8) is 0 Å². The highest BCUT2D eigenvalue weighted by Crippen LogP contribution is 2.37. The molecule has 4 rings (SSSR count). The molecule has 0 radical (unpaired) electrons. The molecule has 2 heterocycles. The van der Waals surface area contributed by atoms with Gasteiger partial charge in [0.2, 0.25) is 12.7 Å². The highest BCUT2D eigenvalue weighted by molar-refractivity contribution is 5.96. The quantitative estimate of drug-likeness (QED) is 0.913. The molecule has 1 fully saturated rings. The summed E-state index contributed by atoms with van der Waals surface area (Å²) in [5.74, 6) is 0.648. The molecule has 2 amide bonds. The van der Waals surface area contributed by atoms with Crippen molar-refractivity contribution >= 4 is 17.5 Å². The van der Waals surface area contributed by atoms with Crippen LogP contribution < -0.4 is 19.7 Å². The molecule has 1 saturated heterocycles. The van der Waals surface area contributed by atoms with Gasteiger partial charge in [0.05, 0.1) is 0 Å². The minimum atomic E-state index is -0.387. The molecule has 0 spiro atoms. The van der Waals surface area contributed by atoms with E-state index in [0.29, 0.717) is 36.6 Å². The topological polar surface area (TPSA) is 67.9 Å². The summed E-state index contributed by atoms with van der Waals surface area (Å²) in [4.78, 5) is 26.1. The van der Waals surface area contributed by atoms with Crippen LogP contribution in [0.5, 0.6) is 11.5 Å². The van der Waals surface area contributed by atoms with Gasteiger partial charge in [0.1, 0.15) is 5.82 Å². The van der Waals surface area contributed by atoms with Crippen molar-refractivity contribution in [1.29, 1.82) is 0 Å². The normalized spacial score (nSPS) is 18.3. The molecule has 0 aliphatic carbocycles. The SMILES string of the molecule is O=C(NC[C@H]1CC(=O)N(c2ccc3c(c2)OCO3)C1)c1ccc(F)cc1. The Morgan fingerprint density at radius 1 is 1.15 bits per heavy atom. The Hall–Kier alpha value is -3.09. The van der Waals surface area contributed by atoms with E-state index in [4.69, 9.17) is 9.47 Å². The van der Waals surface area contributed by atoms with Gasteiger partial charge in [0, 0.05) is 42.7 Å². The summed E-state index contributed by atoms with van der Waals surface area (Å²) in [6, 6.07) is 10.8. The summed E-state index contributed by atoms with van der Waals surface area (Å²) >= 11 is 0. The maximum atomic E-state index is 12.9. The van der Waals surface area contributed by atoms with E-state index in [1.807, 2.05) is 6.07 Å². The molecule has 0 aromatic heterocycles. The summed E-state index contributed by atoms with van der Waals surface area (Å²) < 4.78 is 23.6. The van der Waals surface area contributed by atoms with E-state index in [9.17, 15) is 14.0 Å². The first-order valence-electron chi connectivity index (χ1n) is 8.34. The highest BCUT2D eigenvalue weighted by atomic mass is 19.1. The smallest absolute Gasteiger partial charge is 0.251 e. The third-order valence-electron chi connectivity index (χ3n) is 4.53. The molecule has 2 aromatic carbocycles. The van der Waals surface area contributed by atoms with Gasteiger partial charge in [0.25, 0.3) is 5.91 Å². The van der Waals surface area contributed by atoms with E-state index >= 15 is 0 Å². The lowest BCUT2D eigenvalue weighted by Crippen LogP contribution is -2.31. The fourth-order valence-corrected chi connectivity index (χ4v) is 3.16. The van der Waals surface area contributed by atoms with Gasteiger partial charge in [-0.25, -0.2) is 4.39 Å². The molecule has 0 unspecified atom stereocenters. The van der Waals surface area contributed by atoms with Crippen molar-refractivity contribution in [3.8, 4) is 11.5 Å². The summed E-state index contributed by atoms with van der Waals surface area (Å²) in [6.45, 7) is 1.08. The van der Waals surface area contributed by atoms with E-state index in [1.54, 1.807) is 17.0 Å². The zero-order chi connectivity index (χ0) is 18.1. The highest BCUT2D eigenvalue weighted by Gasteiger charge is 2.31. The molecular weight excluding hydrogens is 339 g/mol. The van der Waals surface area contributed by atoms with Gasteiger partial charge >= 0.3 is 0 Å². The van der Waals surface area contributed by atoms with Gasteiger partial charge in [-0.1, -0.05) is 0 Å². The summed E-state index contributed by atoms with van der Waals surface area (Å²) in [5.41, 5.74) is 1.15. The Balaban J connectivity index is 1.37. The molecule has 26 heavy (non-hydrogen) atoms. The maximum absolute atomic E-state index is 12.9. The van der Waals surface area contributed by atoms with E-state index in [0.717, 1.165) is 5.69 Å². The zero-order valence-corrected chi connectivity index (χ0v) is 13.9. The molecule has 2 aliphatic rings. The van der Waals surface area contributed by atoms with Crippen molar-refractivity contribution in [2.45, 2.75) is 6.42 Å². The third-order valence-corrected chi connectivity index (χ3v) is 4.53. The first-order valence-corrected chi connectivity index (χ1v) is 8.34. The second-order valence-electron chi connectivity index (χ2n) is 6.33. The molecule has 1 atom stereocenters. The largest absolute Gasteiger partial charge is 0.454 e. The lowest BCUT2D eigenvalue weighted by molar-refractivity contribution is -0.117. The number of hydrogen-bond acceptors (Lipinski definition) is 4. The predicted octanol–water partition coefficient (Wildman–Crippen LogP) is 2.34. The second-order valence-corrected chi connectivity index (χ2v) is 6.33. The Kier molecular flexibility index (Phi) is 4.20. The van der Waals surface area contributed by atoms with Crippen LogP contribution in [0.4, 0.5) is 10.1 Å². The number of carbonyl (C=O) groups is 2. The fraction of sp³-hybridized carbons (Fsp3) is 0.263. The van der Waals surface area contributed by atoms with Gasteiger partial charge in [-0.05, 0) is 36.4 Å². The molecule has 0 bridgehead atoms. The van der Waals surface area contributed by atoms with Crippen LogP contribution in [-0.2, 0) is 4.79 Å². The molecule has 6 nitrogen and oxygen atoms in total. The van der Waals surface area contributed by atoms with Crippen molar-refractivity contribution in [1.82, 2.24) is 5.32 Å². The molecule has 134 valence electrons. The maximum Gasteiger partial charge on any atom is 0.251 e. The molecule has 1 N–H and O–H groups in total. The minimum Gasteiger partial charge on any atom is -0.454 e. The zero-order valence-electron chi connectivity index (χ0n) is 13.9. The van der Waals surface area contributed by atoms with Gasteiger partial charge in [0.15, 0.2) is 11.5 Å². The first-order chi connectivity index (χ1) is 12.6. The van der Waals surface area contributed by atoms with Gasteiger partial charge in [-0.3, -0.25) is 9.59 Å². The van der Waals surface area contributed by atoms with E-state index < -0.39 is 0 Å². The number of halogens is 1. The van der Waals surface area contributed by atoms with Crippen molar-refractivity contribution < 1.29 is 23.5 Å². The Bertz CT molecular complexity index is 853. The molecular formula is C19H17FN2O4. The number of ether oxygens (including phenoxy) is 2. The lowest BCUT2D eigenvalue weighted by Gasteiger charge is -2.17. The number of anilines is 1. The second kappa shape index (κ2) is 6.67. The average molecular weight is 356 g/mol. The number of nitrogens with zero attached hydrogens (tertiary/aromatic N) is 1. The van der Waals surface area contributed by atoms with E-state index in [2.05, 4.69) is 5.32 Å². The number of nitrogens with one attached hydrogen (secondary N) is 1. The number of rotatable bonds is 4. The molecule has 0 saturated carbocycles. The number of hydrogen-bond donors (Lipinski definition) is 1. The predicted molar refractivity (Wildman–Crippen MR) is 91.8 cm³/mol. The molecule has 2 aromatic rings. The summed E-state index contributed by atoms with van der Waals surface area (Å²) in [7, 11) is 0. The molecule has 7 heteroatoms. The van der Waals surface area contributed by atoms with Gasteiger partial charge < -0.3 is 19.7 Å². The number of fused-ring (bicyclic) bond motifs is 1. The summed E-state index contributed by atoms with van der Waals surface area (Å²) in [5, 5.41) is 2.81. The van der Waals surface area contributed by atoms with Crippen LogP contribution in [0.2, 0.25) is 0 Å². The van der Waals surface area contributed by atoms with Crippen molar-refractivity contribution in [2.24, 2.45) is 5.92 Å². The monoisotopic (exact) mass is 356 g/mol.